The number of carbonyl (C=O) groups is 1. The first kappa shape index (κ1) is 12.8. The molecule has 2 bridgehead atoms. The molecule has 3 unspecified atom stereocenters. The van der Waals surface area contributed by atoms with Crippen LogP contribution in [0.4, 0.5) is 8.78 Å². The summed E-state index contributed by atoms with van der Waals surface area (Å²) in [5.74, 6) is 0.362. The molecule has 3 atom stereocenters. The molecular formula is C16H18F2O. The van der Waals surface area contributed by atoms with Gasteiger partial charge in [0, 0.05) is 12.5 Å². The van der Waals surface area contributed by atoms with Crippen LogP contribution in [0.25, 0.3) is 0 Å². The summed E-state index contributed by atoms with van der Waals surface area (Å²) in [5.41, 5.74) is 0.388. The van der Waals surface area contributed by atoms with Crippen molar-refractivity contribution in [2.75, 3.05) is 0 Å². The quantitative estimate of drug-likeness (QED) is 0.745. The van der Waals surface area contributed by atoms with Gasteiger partial charge in [-0.15, -0.1) is 0 Å². The fourth-order valence-corrected chi connectivity index (χ4v) is 3.85. The van der Waals surface area contributed by atoms with Gasteiger partial charge in [-0.05, 0) is 55.6 Å². The van der Waals surface area contributed by atoms with E-state index in [1.165, 1.54) is 25.3 Å². The van der Waals surface area contributed by atoms with Crippen LogP contribution in [0.5, 0.6) is 0 Å². The Kier molecular flexibility index (Phi) is 3.15. The van der Waals surface area contributed by atoms with Crippen LogP contribution in [0.1, 0.15) is 48.0 Å². The molecule has 1 aromatic carbocycles. The molecule has 0 spiro atoms. The molecule has 0 amide bonds. The predicted octanol–water partition coefficient (Wildman–Crippen LogP) is 4.28. The standard InChI is InChI=1S/C16H18F2O/c1-9-4-13(15(18)8-14(9)17)16(19)7-12-6-10-2-3-11(12)5-10/h4,8,10-12H,2-3,5-7H2,1H3. The van der Waals surface area contributed by atoms with E-state index in [4.69, 9.17) is 0 Å². The van der Waals surface area contributed by atoms with Crippen molar-refractivity contribution in [2.45, 2.75) is 39.0 Å². The molecule has 2 fully saturated rings. The van der Waals surface area contributed by atoms with E-state index in [9.17, 15) is 13.6 Å². The molecule has 3 rings (SSSR count). The van der Waals surface area contributed by atoms with E-state index in [0.717, 1.165) is 18.4 Å². The van der Waals surface area contributed by atoms with E-state index in [1.807, 2.05) is 0 Å². The summed E-state index contributed by atoms with van der Waals surface area (Å²) in [6.45, 7) is 1.56. The van der Waals surface area contributed by atoms with Gasteiger partial charge in [-0.25, -0.2) is 8.78 Å². The zero-order chi connectivity index (χ0) is 13.6. The largest absolute Gasteiger partial charge is 0.294 e. The van der Waals surface area contributed by atoms with Gasteiger partial charge in [0.15, 0.2) is 5.78 Å². The van der Waals surface area contributed by atoms with E-state index < -0.39 is 11.6 Å². The monoisotopic (exact) mass is 264 g/mol. The zero-order valence-corrected chi connectivity index (χ0v) is 11.1. The zero-order valence-electron chi connectivity index (χ0n) is 11.1. The Bertz CT molecular complexity index is 524. The third kappa shape index (κ3) is 2.31. The number of ketones is 1. The van der Waals surface area contributed by atoms with Crippen LogP contribution in [-0.2, 0) is 0 Å². The number of fused-ring (bicyclic) bond motifs is 2. The van der Waals surface area contributed by atoms with Crippen LogP contribution in [0, 0.1) is 36.3 Å². The molecule has 3 heteroatoms. The highest BCUT2D eigenvalue weighted by molar-refractivity contribution is 5.96. The topological polar surface area (TPSA) is 17.1 Å². The third-order valence-electron chi connectivity index (χ3n) is 4.88. The molecule has 0 aromatic heterocycles. The normalized spacial score (nSPS) is 28.9. The minimum atomic E-state index is -0.726. The number of benzene rings is 1. The first-order chi connectivity index (χ1) is 9.04. The van der Waals surface area contributed by atoms with Gasteiger partial charge in [0.05, 0.1) is 5.56 Å². The Balaban J connectivity index is 1.75. The molecule has 1 nitrogen and oxygen atoms in total. The molecular weight excluding hydrogens is 246 g/mol. The molecule has 2 aliphatic rings. The van der Waals surface area contributed by atoms with Crippen molar-refractivity contribution in [1.82, 2.24) is 0 Å². The fraction of sp³-hybridized carbons (Fsp3) is 0.562. The fourth-order valence-electron chi connectivity index (χ4n) is 3.85. The maximum Gasteiger partial charge on any atom is 0.166 e. The molecule has 0 aliphatic heterocycles. The van der Waals surface area contributed by atoms with E-state index >= 15 is 0 Å². The number of rotatable bonds is 3. The molecule has 2 saturated carbocycles. The van der Waals surface area contributed by atoms with Crippen molar-refractivity contribution >= 4 is 5.78 Å². The molecule has 0 radical (unpaired) electrons. The number of aryl methyl sites for hydroxylation is 1. The van der Waals surface area contributed by atoms with Crippen molar-refractivity contribution < 1.29 is 13.6 Å². The van der Waals surface area contributed by atoms with Gasteiger partial charge in [0.2, 0.25) is 0 Å². The summed E-state index contributed by atoms with van der Waals surface area (Å²) in [4.78, 5) is 12.2. The number of hydrogen-bond acceptors (Lipinski definition) is 1. The highest BCUT2D eigenvalue weighted by Crippen LogP contribution is 2.49. The Labute approximate surface area is 112 Å². The first-order valence-electron chi connectivity index (χ1n) is 7.03. The van der Waals surface area contributed by atoms with Gasteiger partial charge >= 0.3 is 0 Å². The van der Waals surface area contributed by atoms with Crippen LogP contribution < -0.4 is 0 Å². The first-order valence-corrected chi connectivity index (χ1v) is 7.03. The second kappa shape index (κ2) is 4.69. The van der Waals surface area contributed by atoms with Crippen LogP contribution in [0.2, 0.25) is 0 Å². The average molecular weight is 264 g/mol. The lowest BCUT2D eigenvalue weighted by atomic mass is 9.84. The van der Waals surface area contributed by atoms with Crippen molar-refractivity contribution in [3.8, 4) is 0 Å². The molecule has 102 valence electrons. The number of hydrogen-bond donors (Lipinski definition) is 0. The molecule has 0 heterocycles. The van der Waals surface area contributed by atoms with Crippen molar-refractivity contribution in [2.24, 2.45) is 17.8 Å². The third-order valence-corrected chi connectivity index (χ3v) is 4.88. The summed E-state index contributed by atoms with van der Waals surface area (Å²) in [6, 6.07) is 2.17. The molecule has 0 saturated heterocycles. The van der Waals surface area contributed by atoms with Crippen LogP contribution in [0.3, 0.4) is 0 Å². The summed E-state index contributed by atoms with van der Waals surface area (Å²) >= 11 is 0. The van der Waals surface area contributed by atoms with Crippen molar-refractivity contribution in [3.63, 3.8) is 0 Å². The van der Waals surface area contributed by atoms with Gasteiger partial charge in [-0.3, -0.25) is 4.79 Å². The van der Waals surface area contributed by atoms with Gasteiger partial charge in [0.1, 0.15) is 11.6 Å². The van der Waals surface area contributed by atoms with Gasteiger partial charge < -0.3 is 0 Å². The molecule has 0 N–H and O–H groups in total. The predicted molar refractivity (Wildman–Crippen MR) is 69.0 cm³/mol. The average Bonchev–Trinajstić information content (AvgIpc) is 2.95. The molecule has 2 aliphatic carbocycles. The second-order valence-electron chi connectivity index (χ2n) is 6.14. The van der Waals surface area contributed by atoms with Gasteiger partial charge in [-0.2, -0.15) is 0 Å². The van der Waals surface area contributed by atoms with Gasteiger partial charge in [-0.1, -0.05) is 6.42 Å². The number of Topliss-reactive ketones (excluding diaryl/α,β-unsaturated/α-hetero) is 1. The highest BCUT2D eigenvalue weighted by Gasteiger charge is 2.40. The van der Waals surface area contributed by atoms with E-state index in [1.54, 1.807) is 6.92 Å². The maximum absolute atomic E-state index is 13.7. The second-order valence-corrected chi connectivity index (χ2v) is 6.14. The Morgan fingerprint density at radius 3 is 2.63 bits per heavy atom. The smallest absolute Gasteiger partial charge is 0.166 e. The van der Waals surface area contributed by atoms with Crippen molar-refractivity contribution in [1.29, 1.82) is 0 Å². The number of carbonyl (C=O) groups excluding carboxylic acids is 1. The van der Waals surface area contributed by atoms with E-state index in [-0.39, 0.29) is 11.3 Å². The van der Waals surface area contributed by atoms with E-state index in [0.29, 0.717) is 23.8 Å². The Morgan fingerprint density at radius 1 is 1.21 bits per heavy atom. The van der Waals surface area contributed by atoms with Crippen LogP contribution in [-0.4, -0.2) is 5.78 Å². The highest BCUT2D eigenvalue weighted by atomic mass is 19.1. The summed E-state index contributed by atoms with van der Waals surface area (Å²) in [7, 11) is 0. The van der Waals surface area contributed by atoms with E-state index in [2.05, 4.69) is 0 Å². The Morgan fingerprint density at radius 2 is 2.00 bits per heavy atom. The van der Waals surface area contributed by atoms with Crippen LogP contribution in [0.15, 0.2) is 12.1 Å². The summed E-state index contributed by atoms with van der Waals surface area (Å²) < 4.78 is 26.9. The Hall–Kier alpha value is -1.25. The van der Waals surface area contributed by atoms with Gasteiger partial charge in [0.25, 0.3) is 0 Å². The maximum atomic E-state index is 13.7. The summed E-state index contributed by atoms with van der Waals surface area (Å²) in [6.07, 6.45) is 5.27. The lowest BCUT2D eigenvalue weighted by Crippen LogP contribution is -2.16. The van der Waals surface area contributed by atoms with Crippen molar-refractivity contribution in [3.05, 3.63) is 34.9 Å². The minimum Gasteiger partial charge on any atom is -0.294 e. The molecule has 19 heavy (non-hydrogen) atoms. The SMILES string of the molecule is Cc1cc(C(=O)CC2CC3CCC2C3)c(F)cc1F. The summed E-state index contributed by atoms with van der Waals surface area (Å²) in [5, 5.41) is 0. The number of halogens is 2. The lowest BCUT2D eigenvalue weighted by molar-refractivity contribution is 0.0940. The van der Waals surface area contributed by atoms with Crippen LogP contribution >= 0.6 is 0 Å². The minimum absolute atomic E-state index is 0.0571. The lowest BCUT2D eigenvalue weighted by Gasteiger charge is -2.20. The molecule has 1 aromatic rings.